The predicted octanol–water partition coefficient (Wildman–Crippen LogP) is 4.65. The van der Waals surface area contributed by atoms with Gasteiger partial charge in [0.1, 0.15) is 29.0 Å². The van der Waals surface area contributed by atoms with Gasteiger partial charge in [-0.3, -0.25) is 0 Å². The maximum atomic E-state index is 13.9. The van der Waals surface area contributed by atoms with E-state index in [2.05, 4.69) is 9.97 Å². The van der Waals surface area contributed by atoms with E-state index < -0.39 is 23.3 Å². The van der Waals surface area contributed by atoms with Crippen LogP contribution in [0.3, 0.4) is 0 Å². The van der Waals surface area contributed by atoms with Crippen LogP contribution in [0.1, 0.15) is 5.56 Å². The lowest BCUT2D eigenvalue weighted by Crippen LogP contribution is -2.05. The molecule has 4 rings (SSSR count). The second kappa shape index (κ2) is 6.25. The zero-order valence-electron chi connectivity index (χ0n) is 13.3. The summed E-state index contributed by atoms with van der Waals surface area (Å²) in [6.07, 6.45) is 3.10. The van der Waals surface area contributed by atoms with Gasteiger partial charge < -0.3 is 4.57 Å². The fourth-order valence-corrected chi connectivity index (χ4v) is 2.74. The highest BCUT2D eigenvalue weighted by atomic mass is 19.1. The van der Waals surface area contributed by atoms with Crippen LogP contribution in [0, 0.1) is 23.3 Å². The van der Waals surface area contributed by atoms with Crippen molar-refractivity contribution in [3.63, 3.8) is 0 Å². The summed E-state index contributed by atoms with van der Waals surface area (Å²) in [5.41, 5.74) is 0.391. The van der Waals surface area contributed by atoms with E-state index in [0.717, 1.165) is 12.1 Å². The van der Waals surface area contributed by atoms with Crippen molar-refractivity contribution < 1.29 is 17.6 Å². The number of halogens is 4. The third-order valence-corrected chi connectivity index (χ3v) is 4.02. The quantitative estimate of drug-likeness (QED) is 0.500. The van der Waals surface area contributed by atoms with Gasteiger partial charge in [0, 0.05) is 18.0 Å². The highest BCUT2D eigenvalue weighted by Crippen LogP contribution is 2.28. The Labute approximate surface area is 145 Å². The summed E-state index contributed by atoms with van der Waals surface area (Å²) >= 11 is 0. The summed E-state index contributed by atoms with van der Waals surface area (Å²) in [4.78, 5) is 8.29. The largest absolute Gasteiger partial charge is 0.347 e. The molecule has 2 aliphatic rings. The maximum Gasteiger partial charge on any atom is 0.166 e. The summed E-state index contributed by atoms with van der Waals surface area (Å²) in [6, 6.07) is 8.73. The molecule has 2 aliphatic heterocycles. The molecule has 2 heterocycles. The number of hydrogen-bond donors (Lipinski definition) is 0. The monoisotopic (exact) mass is 357 g/mol. The Morgan fingerprint density at radius 1 is 0.731 bits per heavy atom. The van der Waals surface area contributed by atoms with Gasteiger partial charge in [0.2, 0.25) is 0 Å². The number of nitrogens with zero attached hydrogens (tertiary/aromatic N) is 3. The summed E-state index contributed by atoms with van der Waals surface area (Å²) in [6.45, 7) is -0.0509. The fourth-order valence-electron chi connectivity index (χ4n) is 2.74. The van der Waals surface area contributed by atoms with Crippen LogP contribution < -0.4 is 0 Å². The van der Waals surface area contributed by atoms with Crippen LogP contribution in [0.5, 0.6) is 0 Å². The number of imidazole rings is 1. The molecule has 0 N–H and O–H groups in total. The maximum absolute atomic E-state index is 13.9. The Bertz CT molecular complexity index is 1030. The van der Waals surface area contributed by atoms with Crippen molar-refractivity contribution >= 4 is 0 Å². The molecule has 0 amide bonds. The van der Waals surface area contributed by atoms with E-state index in [1.165, 1.54) is 35.0 Å². The van der Waals surface area contributed by atoms with E-state index in [9.17, 15) is 17.6 Å². The predicted molar refractivity (Wildman–Crippen MR) is 87.5 cm³/mol. The fraction of sp³-hybridized carbons (Fsp3) is 0.0526. The second-order valence-electron chi connectivity index (χ2n) is 5.73. The first-order chi connectivity index (χ1) is 12.5. The van der Waals surface area contributed by atoms with Gasteiger partial charge in [-0.15, -0.1) is 0 Å². The Morgan fingerprint density at radius 2 is 1.31 bits per heavy atom. The minimum Gasteiger partial charge on any atom is -0.347 e. The van der Waals surface area contributed by atoms with E-state index in [1.54, 1.807) is 12.3 Å². The number of hydrogen-bond acceptors (Lipinski definition) is 2. The van der Waals surface area contributed by atoms with Crippen LogP contribution in [0.2, 0.25) is 0 Å². The lowest BCUT2D eigenvalue weighted by Gasteiger charge is -2.09. The molecule has 26 heavy (non-hydrogen) atoms. The molecule has 0 saturated carbocycles. The molecule has 0 bridgehead atoms. The smallest absolute Gasteiger partial charge is 0.166 e. The Morgan fingerprint density at radius 3 is 1.96 bits per heavy atom. The van der Waals surface area contributed by atoms with Gasteiger partial charge in [0.15, 0.2) is 5.82 Å². The van der Waals surface area contributed by atoms with Crippen LogP contribution in [0.25, 0.3) is 22.8 Å². The lowest BCUT2D eigenvalue weighted by molar-refractivity contribution is 0.544. The van der Waals surface area contributed by atoms with E-state index in [4.69, 9.17) is 0 Å². The number of aromatic nitrogens is 3. The van der Waals surface area contributed by atoms with Crippen molar-refractivity contribution in [2.45, 2.75) is 6.54 Å². The van der Waals surface area contributed by atoms with Crippen LogP contribution in [-0.2, 0) is 6.54 Å². The van der Waals surface area contributed by atoms with Gasteiger partial charge in [-0.1, -0.05) is 12.1 Å². The third-order valence-electron chi connectivity index (χ3n) is 4.02. The first-order valence-corrected chi connectivity index (χ1v) is 7.74. The highest BCUT2D eigenvalue weighted by molar-refractivity contribution is 5.66. The summed E-state index contributed by atoms with van der Waals surface area (Å²) in [7, 11) is 0. The van der Waals surface area contributed by atoms with Crippen molar-refractivity contribution in [2.24, 2.45) is 0 Å². The molecule has 0 saturated heterocycles. The normalized spacial score (nSPS) is 11.2. The van der Waals surface area contributed by atoms with Gasteiger partial charge in [-0.25, -0.2) is 27.5 Å². The number of fused-ring (bicyclic) bond motifs is 1. The molecule has 0 aliphatic carbocycles. The standard InChI is InChI=1S/C19H11F4N3/c20-12-3-1-4-13(21)11(12)9-26-8-7-16-17(10-26)25-19(24-16)18-14(22)5-2-6-15(18)23/h1-8,10H,9H2. The number of benzene rings is 2. The molecule has 0 spiro atoms. The number of pyridine rings is 1. The molecule has 0 radical (unpaired) electrons. The molecule has 0 fully saturated rings. The SMILES string of the molecule is Fc1cccc(F)c1Cn1ccc2nc(-c3c(F)cccc3F)nc-2c1. The Hall–Kier alpha value is -3.22. The molecular formula is C19H11F4N3. The van der Waals surface area contributed by atoms with Crippen molar-refractivity contribution in [1.29, 1.82) is 0 Å². The molecule has 130 valence electrons. The average molecular weight is 357 g/mol. The molecule has 0 unspecified atom stereocenters. The third kappa shape index (κ3) is 2.81. The van der Waals surface area contributed by atoms with Crippen LogP contribution in [-0.4, -0.2) is 14.5 Å². The molecule has 0 atom stereocenters. The van der Waals surface area contributed by atoms with E-state index >= 15 is 0 Å². The Kier molecular flexibility index (Phi) is 3.91. The summed E-state index contributed by atoms with van der Waals surface area (Å²) < 4.78 is 57.0. The second-order valence-corrected chi connectivity index (χ2v) is 5.73. The minimum absolute atomic E-state index is 0.0509. The van der Waals surface area contributed by atoms with Crippen molar-refractivity contribution in [1.82, 2.24) is 14.5 Å². The van der Waals surface area contributed by atoms with Crippen LogP contribution in [0.15, 0.2) is 54.9 Å². The van der Waals surface area contributed by atoms with Gasteiger partial charge in [0.05, 0.1) is 17.8 Å². The van der Waals surface area contributed by atoms with Gasteiger partial charge in [-0.05, 0) is 30.3 Å². The highest BCUT2D eigenvalue weighted by Gasteiger charge is 2.19. The van der Waals surface area contributed by atoms with E-state index in [-0.39, 0.29) is 23.5 Å². The first-order valence-electron chi connectivity index (χ1n) is 7.74. The molecule has 2 aromatic rings. The van der Waals surface area contributed by atoms with Crippen LogP contribution >= 0.6 is 0 Å². The van der Waals surface area contributed by atoms with Gasteiger partial charge in [-0.2, -0.15) is 0 Å². The van der Waals surface area contributed by atoms with Crippen molar-refractivity contribution in [2.75, 3.05) is 0 Å². The minimum atomic E-state index is -0.762. The Balaban J connectivity index is 1.74. The van der Waals surface area contributed by atoms with Crippen molar-refractivity contribution in [3.8, 4) is 22.8 Å². The van der Waals surface area contributed by atoms with E-state index in [1.807, 2.05) is 0 Å². The summed E-state index contributed by atoms with van der Waals surface area (Å²) in [5, 5.41) is 0. The zero-order chi connectivity index (χ0) is 18.3. The molecule has 0 aromatic heterocycles. The molecule has 7 heteroatoms. The molecule has 3 nitrogen and oxygen atoms in total. The van der Waals surface area contributed by atoms with Crippen molar-refractivity contribution in [3.05, 3.63) is 83.7 Å². The summed E-state index contributed by atoms with van der Waals surface area (Å²) in [5.74, 6) is -2.91. The molecular weight excluding hydrogens is 346 g/mol. The average Bonchev–Trinajstić information content (AvgIpc) is 3.01. The topological polar surface area (TPSA) is 30.7 Å². The first kappa shape index (κ1) is 16.3. The molecule has 2 aromatic carbocycles. The van der Waals surface area contributed by atoms with Gasteiger partial charge >= 0.3 is 0 Å². The lowest BCUT2D eigenvalue weighted by atomic mass is 10.2. The van der Waals surface area contributed by atoms with E-state index in [0.29, 0.717) is 11.4 Å². The van der Waals surface area contributed by atoms with Gasteiger partial charge in [0.25, 0.3) is 0 Å². The number of rotatable bonds is 3. The zero-order valence-corrected chi connectivity index (χ0v) is 13.3. The van der Waals surface area contributed by atoms with Crippen LogP contribution in [0.4, 0.5) is 17.6 Å².